The average Bonchev–Trinajstić information content (AvgIpc) is 3.26. The number of aromatic nitrogens is 4. The van der Waals surface area contributed by atoms with Crippen molar-refractivity contribution in [1.82, 2.24) is 24.8 Å². The molecule has 0 spiro atoms. The molecule has 2 aromatic heterocycles. The van der Waals surface area contributed by atoms with Crippen LogP contribution in [-0.4, -0.2) is 43.1 Å². The van der Waals surface area contributed by atoms with Crippen LogP contribution >= 0.6 is 34.4 Å². The number of ether oxygens (including phenoxy) is 2. The molecular weight excluding hydrogens is 535 g/mol. The maximum absolute atomic E-state index is 11.0. The number of carbonyl (C=O) groups is 1. The third-order valence-corrected chi connectivity index (χ3v) is 7.09. The molecule has 0 bridgehead atoms. The molecule has 1 amide bonds. The predicted octanol–water partition coefficient (Wildman–Crippen LogP) is 3.72. The molecule has 1 aliphatic rings. The van der Waals surface area contributed by atoms with Crippen LogP contribution in [0.3, 0.4) is 0 Å². The zero-order valence-corrected chi connectivity index (χ0v) is 19.9. The number of rotatable bonds is 7. The van der Waals surface area contributed by atoms with E-state index in [4.69, 9.17) is 25.3 Å². The van der Waals surface area contributed by atoms with E-state index in [0.29, 0.717) is 42.1 Å². The number of amides is 1. The van der Waals surface area contributed by atoms with E-state index in [9.17, 15) is 4.79 Å². The maximum atomic E-state index is 11.0. The number of anilines is 1. The number of nitrogens with zero attached hydrogens (tertiary/aromatic N) is 4. The first-order chi connectivity index (χ1) is 14.7. The van der Waals surface area contributed by atoms with Gasteiger partial charge in [0.1, 0.15) is 6.33 Å². The molecule has 4 N–H and O–H groups in total. The van der Waals surface area contributed by atoms with E-state index in [1.165, 1.54) is 18.1 Å². The number of nitrogen functional groups attached to an aromatic ring is 1. The summed E-state index contributed by atoms with van der Waals surface area (Å²) in [4.78, 5) is 25.1. The SMILES string of the molecule is CC(C)(CCCn1c(Sc2cc3c(cc2I)OCO3)nc2c(N)ncnc21)NC(=O)O. The molecule has 0 saturated heterocycles. The number of carboxylic acid groups (broad SMARTS) is 1. The highest BCUT2D eigenvalue weighted by atomic mass is 127. The molecule has 31 heavy (non-hydrogen) atoms. The van der Waals surface area contributed by atoms with Crippen molar-refractivity contribution in [1.29, 1.82) is 0 Å². The number of fused-ring (bicyclic) bond motifs is 2. The zero-order chi connectivity index (χ0) is 22.2. The van der Waals surface area contributed by atoms with Gasteiger partial charge in [-0.25, -0.2) is 19.7 Å². The summed E-state index contributed by atoms with van der Waals surface area (Å²) in [5, 5.41) is 12.3. The maximum Gasteiger partial charge on any atom is 0.405 e. The molecule has 3 heterocycles. The van der Waals surface area contributed by atoms with Crippen LogP contribution in [0.15, 0.2) is 28.5 Å². The van der Waals surface area contributed by atoms with Gasteiger partial charge in [-0.2, -0.15) is 0 Å². The van der Waals surface area contributed by atoms with E-state index in [1.54, 1.807) is 0 Å². The first-order valence-electron chi connectivity index (χ1n) is 9.48. The second-order valence-electron chi connectivity index (χ2n) is 7.63. The molecule has 1 aliphatic heterocycles. The van der Waals surface area contributed by atoms with Gasteiger partial charge in [0.2, 0.25) is 6.79 Å². The summed E-state index contributed by atoms with van der Waals surface area (Å²) in [5.74, 6) is 1.75. The molecule has 0 unspecified atom stereocenters. The minimum atomic E-state index is -1.03. The number of hydrogen-bond donors (Lipinski definition) is 3. The van der Waals surface area contributed by atoms with E-state index < -0.39 is 11.6 Å². The van der Waals surface area contributed by atoms with Gasteiger partial charge >= 0.3 is 6.09 Å². The van der Waals surface area contributed by atoms with Crippen LogP contribution in [0.1, 0.15) is 26.7 Å². The van der Waals surface area contributed by atoms with E-state index in [1.807, 2.05) is 30.5 Å². The topological polar surface area (TPSA) is 137 Å². The number of hydrogen-bond acceptors (Lipinski definition) is 8. The van der Waals surface area contributed by atoms with Gasteiger partial charge in [0.15, 0.2) is 33.6 Å². The minimum Gasteiger partial charge on any atom is -0.465 e. The van der Waals surface area contributed by atoms with Gasteiger partial charge in [-0.3, -0.25) is 0 Å². The molecule has 164 valence electrons. The molecular formula is C19H21IN6O4S. The Hall–Kier alpha value is -2.48. The van der Waals surface area contributed by atoms with E-state index in [2.05, 4.69) is 37.9 Å². The van der Waals surface area contributed by atoms with Crippen LogP contribution in [0.25, 0.3) is 11.2 Å². The Morgan fingerprint density at radius 1 is 1.35 bits per heavy atom. The number of nitrogens with two attached hydrogens (primary N) is 1. The fraction of sp³-hybridized carbons (Fsp3) is 0.368. The molecule has 1 aromatic carbocycles. The van der Waals surface area contributed by atoms with Crippen molar-refractivity contribution in [3.8, 4) is 11.5 Å². The molecule has 0 atom stereocenters. The second kappa shape index (κ2) is 8.57. The number of nitrogens with one attached hydrogen (secondary N) is 1. The Balaban J connectivity index is 1.63. The Bertz CT molecular complexity index is 1150. The van der Waals surface area contributed by atoms with Crippen molar-refractivity contribution in [2.45, 2.75) is 48.8 Å². The largest absolute Gasteiger partial charge is 0.465 e. The second-order valence-corrected chi connectivity index (χ2v) is 9.80. The van der Waals surface area contributed by atoms with Crippen molar-refractivity contribution in [2.24, 2.45) is 0 Å². The lowest BCUT2D eigenvalue weighted by atomic mass is 9.99. The fourth-order valence-electron chi connectivity index (χ4n) is 3.32. The molecule has 3 aromatic rings. The smallest absolute Gasteiger partial charge is 0.405 e. The molecule has 0 aliphatic carbocycles. The Morgan fingerprint density at radius 3 is 2.84 bits per heavy atom. The van der Waals surface area contributed by atoms with Crippen molar-refractivity contribution in [2.75, 3.05) is 12.5 Å². The normalized spacial score (nSPS) is 13.0. The molecule has 0 radical (unpaired) electrons. The van der Waals surface area contributed by atoms with E-state index in [-0.39, 0.29) is 6.79 Å². The first-order valence-corrected chi connectivity index (χ1v) is 11.4. The van der Waals surface area contributed by atoms with Gasteiger partial charge in [0.25, 0.3) is 0 Å². The number of aryl methyl sites for hydroxylation is 1. The summed E-state index contributed by atoms with van der Waals surface area (Å²) in [6.45, 7) is 4.53. The van der Waals surface area contributed by atoms with Crippen LogP contribution in [0.2, 0.25) is 0 Å². The molecule has 12 heteroatoms. The summed E-state index contributed by atoms with van der Waals surface area (Å²) in [7, 11) is 0. The lowest BCUT2D eigenvalue weighted by Gasteiger charge is -2.24. The van der Waals surface area contributed by atoms with Crippen LogP contribution in [0, 0.1) is 3.57 Å². The number of benzene rings is 1. The van der Waals surface area contributed by atoms with Crippen molar-refractivity contribution in [3.05, 3.63) is 22.0 Å². The van der Waals surface area contributed by atoms with Gasteiger partial charge in [0.05, 0.1) is 0 Å². The zero-order valence-electron chi connectivity index (χ0n) is 16.9. The fourth-order valence-corrected chi connectivity index (χ4v) is 5.03. The lowest BCUT2D eigenvalue weighted by molar-refractivity contribution is 0.173. The standard InChI is InChI=1S/C19H21IN6O4S/c1-19(2,25-18(27)28)4-3-5-26-16-14(15(21)22-8-23-16)24-17(26)31-13-7-12-11(6-10(13)20)29-9-30-12/h6-8,25H,3-5,9H2,1-2H3,(H,27,28)(H2,21,22,23). The highest BCUT2D eigenvalue weighted by Gasteiger charge is 2.23. The highest BCUT2D eigenvalue weighted by Crippen LogP contribution is 2.41. The van der Waals surface area contributed by atoms with Crippen molar-refractivity contribution >= 4 is 57.4 Å². The third-order valence-electron chi connectivity index (χ3n) is 4.78. The number of halogens is 1. The molecule has 4 rings (SSSR count). The van der Waals surface area contributed by atoms with Crippen LogP contribution in [0.5, 0.6) is 11.5 Å². The Kier molecular flexibility index (Phi) is 6.01. The van der Waals surface area contributed by atoms with Crippen molar-refractivity contribution in [3.63, 3.8) is 0 Å². The van der Waals surface area contributed by atoms with Gasteiger partial charge in [-0.15, -0.1) is 0 Å². The van der Waals surface area contributed by atoms with E-state index in [0.717, 1.165) is 19.4 Å². The highest BCUT2D eigenvalue weighted by molar-refractivity contribution is 14.1. The van der Waals surface area contributed by atoms with Gasteiger partial charge in [-0.1, -0.05) is 11.8 Å². The van der Waals surface area contributed by atoms with Crippen LogP contribution in [-0.2, 0) is 6.54 Å². The monoisotopic (exact) mass is 556 g/mol. The van der Waals surface area contributed by atoms with Gasteiger partial charge < -0.3 is 30.2 Å². The summed E-state index contributed by atoms with van der Waals surface area (Å²) in [6, 6.07) is 3.87. The summed E-state index contributed by atoms with van der Waals surface area (Å²) in [5.41, 5.74) is 6.69. The van der Waals surface area contributed by atoms with Gasteiger partial charge in [-0.05, 0) is 61.4 Å². The number of imidazole rings is 1. The quantitative estimate of drug-likeness (QED) is 0.372. The lowest BCUT2D eigenvalue weighted by Crippen LogP contribution is -2.42. The third kappa shape index (κ3) is 4.74. The summed E-state index contributed by atoms with van der Waals surface area (Å²) >= 11 is 3.74. The Morgan fingerprint density at radius 2 is 2.10 bits per heavy atom. The van der Waals surface area contributed by atoms with Crippen molar-refractivity contribution < 1.29 is 19.4 Å². The average molecular weight is 556 g/mol. The van der Waals surface area contributed by atoms with Gasteiger partial charge in [0, 0.05) is 20.5 Å². The minimum absolute atomic E-state index is 0.213. The molecule has 0 saturated carbocycles. The van der Waals surface area contributed by atoms with Crippen LogP contribution < -0.4 is 20.5 Å². The summed E-state index contributed by atoms with van der Waals surface area (Å²) < 4.78 is 14.0. The van der Waals surface area contributed by atoms with E-state index >= 15 is 0 Å². The summed E-state index contributed by atoms with van der Waals surface area (Å²) in [6.07, 6.45) is 1.75. The van der Waals surface area contributed by atoms with Crippen LogP contribution in [0.4, 0.5) is 10.6 Å². The predicted molar refractivity (Wildman–Crippen MR) is 124 cm³/mol. The molecule has 10 nitrogen and oxygen atoms in total. The Labute approximate surface area is 196 Å². The first kappa shape index (κ1) is 21.7. The molecule has 0 fully saturated rings.